The first-order valence-electron chi connectivity index (χ1n) is 6.40. The van der Waals surface area contributed by atoms with Crippen molar-refractivity contribution in [3.63, 3.8) is 0 Å². The minimum atomic E-state index is -1.07. The molecule has 0 spiro atoms. The lowest BCUT2D eigenvalue weighted by Crippen LogP contribution is -2.49. The van der Waals surface area contributed by atoms with Crippen LogP contribution < -0.4 is 5.73 Å². The molecule has 106 valence electrons. The van der Waals surface area contributed by atoms with Gasteiger partial charge in [0.05, 0.1) is 6.07 Å². The van der Waals surface area contributed by atoms with Gasteiger partial charge in [0.2, 0.25) is 5.91 Å². The number of carbonyl (C=O) groups is 2. The van der Waals surface area contributed by atoms with Gasteiger partial charge >= 0.3 is 5.97 Å². The number of hydrogen-bond acceptors (Lipinski definition) is 5. The second kappa shape index (κ2) is 7.71. The molecule has 0 saturated carbocycles. The lowest BCUT2D eigenvalue weighted by molar-refractivity contribution is -0.139. The summed E-state index contributed by atoms with van der Waals surface area (Å²) in [6.45, 7) is 3.53. The number of amides is 1. The van der Waals surface area contributed by atoms with Gasteiger partial charge < -0.3 is 15.7 Å². The molecule has 19 heavy (non-hydrogen) atoms. The van der Waals surface area contributed by atoms with E-state index in [1.165, 1.54) is 0 Å². The molecule has 7 heteroatoms. The molecule has 0 aromatic rings. The second-order valence-corrected chi connectivity index (χ2v) is 4.61. The van der Waals surface area contributed by atoms with Crippen LogP contribution in [0.25, 0.3) is 0 Å². The highest BCUT2D eigenvalue weighted by Gasteiger charge is 2.22. The van der Waals surface area contributed by atoms with Crippen LogP contribution in [0.5, 0.6) is 0 Å². The van der Waals surface area contributed by atoms with Gasteiger partial charge in [0.1, 0.15) is 6.04 Å². The van der Waals surface area contributed by atoms with Gasteiger partial charge in [-0.2, -0.15) is 5.26 Å². The van der Waals surface area contributed by atoms with Gasteiger partial charge in [0.15, 0.2) is 0 Å². The fraction of sp³-hybridized carbons (Fsp3) is 0.750. The van der Waals surface area contributed by atoms with E-state index in [0.29, 0.717) is 19.5 Å². The Morgan fingerprint density at radius 2 is 1.95 bits per heavy atom. The zero-order chi connectivity index (χ0) is 14.3. The Morgan fingerprint density at radius 3 is 2.47 bits per heavy atom. The number of piperazine rings is 1. The second-order valence-electron chi connectivity index (χ2n) is 4.61. The molecule has 0 bridgehead atoms. The first-order valence-corrected chi connectivity index (χ1v) is 6.40. The summed E-state index contributed by atoms with van der Waals surface area (Å²) in [5, 5.41) is 17.1. The van der Waals surface area contributed by atoms with E-state index in [1.54, 1.807) is 4.90 Å². The van der Waals surface area contributed by atoms with E-state index in [4.69, 9.17) is 16.1 Å². The van der Waals surface area contributed by atoms with E-state index in [0.717, 1.165) is 19.6 Å². The zero-order valence-corrected chi connectivity index (χ0v) is 10.9. The number of nitrogens with zero attached hydrogens (tertiary/aromatic N) is 3. The third kappa shape index (κ3) is 5.24. The SMILES string of the molecule is N#CCCN1CCN(C(=O)CC[C@H](N)C(=O)O)CC1. The summed E-state index contributed by atoms with van der Waals surface area (Å²) >= 11 is 0. The molecule has 1 atom stereocenters. The minimum Gasteiger partial charge on any atom is -0.480 e. The number of nitriles is 1. The van der Waals surface area contributed by atoms with Crippen LogP contribution in [0, 0.1) is 11.3 Å². The highest BCUT2D eigenvalue weighted by molar-refractivity contribution is 5.78. The van der Waals surface area contributed by atoms with Crippen LogP contribution in [-0.4, -0.2) is 65.5 Å². The summed E-state index contributed by atoms with van der Waals surface area (Å²) in [7, 11) is 0. The molecule has 1 saturated heterocycles. The number of carbonyl (C=O) groups excluding carboxylic acids is 1. The third-order valence-corrected chi connectivity index (χ3v) is 3.25. The van der Waals surface area contributed by atoms with Crippen LogP contribution in [0.1, 0.15) is 19.3 Å². The van der Waals surface area contributed by atoms with Gasteiger partial charge in [-0.3, -0.25) is 14.5 Å². The van der Waals surface area contributed by atoms with E-state index in [-0.39, 0.29) is 18.7 Å². The van der Waals surface area contributed by atoms with Crippen molar-refractivity contribution in [3.8, 4) is 6.07 Å². The molecular formula is C12H20N4O3. The number of aliphatic carboxylic acids is 1. The first-order chi connectivity index (χ1) is 9.04. The topological polar surface area (TPSA) is 111 Å². The molecule has 1 rings (SSSR count). The number of carboxylic acids is 1. The van der Waals surface area contributed by atoms with Crippen LogP contribution in [-0.2, 0) is 9.59 Å². The Hall–Kier alpha value is -1.65. The molecule has 0 aliphatic carbocycles. The van der Waals surface area contributed by atoms with E-state index >= 15 is 0 Å². The average molecular weight is 268 g/mol. The maximum atomic E-state index is 11.9. The normalized spacial score (nSPS) is 17.8. The molecule has 7 nitrogen and oxygen atoms in total. The molecule has 1 aliphatic rings. The van der Waals surface area contributed by atoms with Gasteiger partial charge in [-0.15, -0.1) is 0 Å². The van der Waals surface area contributed by atoms with E-state index < -0.39 is 12.0 Å². The standard InChI is InChI=1S/C12H20N4O3/c13-4-1-5-15-6-8-16(9-7-15)11(17)3-2-10(14)12(18)19/h10H,1-3,5-9,14H2,(H,18,19)/t10-/m0/s1. The third-order valence-electron chi connectivity index (χ3n) is 3.25. The van der Waals surface area contributed by atoms with E-state index in [9.17, 15) is 9.59 Å². The van der Waals surface area contributed by atoms with Crippen LogP contribution in [0.15, 0.2) is 0 Å². The Labute approximate surface area is 112 Å². The maximum absolute atomic E-state index is 11.9. The number of nitrogens with two attached hydrogens (primary N) is 1. The quantitative estimate of drug-likeness (QED) is 0.655. The lowest BCUT2D eigenvalue weighted by Gasteiger charge is -2.34. The van der Waals surface area contributed by atoms with Crippen molar-refractivity contribution in [2.24, 2.45) is 5.73 Å². The van der Waals surface area contributed by atoms with Gasteiger partial charge in [0, 0.05) is 45.6 Å². The molecule has 0 unspecified atom stereocenters. The van der Waals surface area contributed by atoms with Crippen molar-refractivity contribution < 1.29 is 14.7 Å². The van der Waals surface area contributed by atoms with Crippen molar-refractivity contribution in [1.29, 1.82) is 5.26 Å². The highest BCUT2D eigenvalue weighted by atomic mass is 16.4. The van der Waals surface area contributed by atoms with Gasteiger partial charge in [-0.25, -0.2) is 0 Å². The van der Waals surface area contributed by atoms with Gasteiger partial charge in [0.25, 0.3) is 0 Å². The molecular weight excluding hydrogens is 248 g/mol. The monoisotopic (exact) mass is 268 g/mol. The lowest BCUT2D eigenvalue weighted by atomic mass is 10.1. The van der Waals surface area contributed by atoms with Crippen LogP contribution >= 0.6 is 0 Å². The predicted octanol–water partition coefficient (Wildman–Crippen LogP) is -0.764. The summed E-state index contributed by atoms with van der Waals surface area (Å²) in [5.41, 5.74) is 5.36. The summed E-state index contributed by atoms with van der Waals surface area (Å²) in [6, 6.07) is 1.13. The van der Waals surface area contributed by atoms with Crippen molar-refractivity contribution in [2.45, 2.75) is 25.3 Å². The van der Waals surface area contributed by atoms with Crippen LogP contribution in [0.3, 0.4) is 0 Å². The molecule has 0 radical (unpaired) electrons. The Morgan fingerprint density at radius 1 is 1.32 bits per heavy atom. The smallest absolute Gasteiger partial charge is 0.320 e. The number of hydrogen-bond donors (Lipinski definition) is 2. The zero-order valence-electron chi connectivity index (χ0n) is 10.9. The van der Waals surface area contributed by atoms with Gasteiger partial charge in [-0.1, -0.05) is 0 Å². The van der Waals surface area contributed by atoms with Crippen molar-refractivity contribution in [3.05, 3.63) is 0 Å². The summed E-state index contributed by atoms with van der Waals surface area (Å²) in [6.07, 6.45) is 0.843. The molecule has 0 aromatic heterocycles. The number of carboxylic acid groups (broad SMARTS) is 1. The summed E-state index contributed by atoms with van der Waals surface area (Å²) in [4.78, 5) is 26.3. The largest absolute Gasteiger partial charge is 0.480 e. The highest BCUT2D eigenvalue weighted by Crippen LogP contribution is 2.06. The maximum Gasteiger partial charge on any atom is 0.320 e. The molecule has 3 N–H and O–H groups in total. The van der Waals surface area contributed by atoms with Gasteiger partial charge in [-0.05, 0) is 6.42 Å². The van der Waals surface area contributed by atoms with E-state index in [2.05, 4.69) is 11.0 Å². The summed E-state index contributed by atoms with van der Waals surface area (Å²) in [5.74, 6) is -1.12. The van der Waals surface area contributed by atoms with Crippen molar-refractivity contribution >= 4 is 11.9 Å². The fourth-order valence-corrected chi connectivity index (χ4v) is 1.99. The molecule has 1 fully saturated rings. The molecule has 1 heterocycles. The Bertz CT molecular complexity index is 358. The summed E-state index contributed by atoms with van der Waals surface area (Å²) < 4.78 is 0. The molecule has 1 amide bonds. The van der Waals surface area contributed by atoms with E-state index in [1.807, 2.05) is 0 Å². The van der Waals surface area contributed by atoms with Crippen LogP contribution in [0.4, 0.5) is 0 Å². The predicted molar refractivity (Wildman–Crippen MR) is 68.1 cm³/mol. The minimum absolute atomic E-state index is 0.0448. The number of rotatable bonds is 6. The average Bonchev–Trinajstić information content (AvgIpc) is 2.42. The fourth-order valence-electron chi connectivity index (χ4n) is 1.99. The first kappa shape index (κ1) is 15.4. The Balaban J connectivity index is 2.25. The van der Waals surface area contributed by atoms with Crippen LogP contribution in [0.2, 0.25) is 0 Å². The van der Waals surface area contributed by atoms with Crippen molar-refractivity contribution in [1.82, 2.24) is 9.80 Å². The molecule has 0 aromatic carbocycles. The Kier molecular flexibility index (Phi) is 6.25. The van der Waals surface area contributed by atoms with Crippen molar-refractivity contribution in [2.75, 3.05) is 32.7 Å². The molecule has 1 aliphatic heterocycles.